The molecule has 1 heterocycles. The third kappa shape index (κ3) is 1.57. The van der Waals surface area contributed by atoms with E-state index >= 15 is 0 Å². The molecule has 0 unspecified atom stereocenters. The van der Waals surface area contributed by atoms with Gasteiger partial charge in [0.15, 0.2) is 0 Å². The van der Waals surface area contributed by atoms with Gasteiger partial charge < -0.3 is 10.8 Å². The van der Waals surface area contributed by atoms with E-state index in [1.807, 2.05) is 0 Å². The highest BCUT2D eigenvalue weighted by molar-refractivity contribution is 5.57. The van der Waals surface area contributed by atoms with Gasteiger partial charge in [-0.15, -0.1) is 6.58 Å². The van der Waals surface area contributed by atoms with Gasteiger partial charge in [-0.3, -0.25) is 9.36 Å². The Morgan fingerprint density at radius 1 is 1.73 bits per heavy atom. The van der Waals surface area contributed by atoms with Gasteiger partial charge in [0.1, 0.15) is 17.3 Å². The van der Waals surface area contributed by atoms with E-state index in [1.165, 1.54) is 13.0 Å². The van der Waals surface area contributed by atoms with Crippen molar-refractivity contribution in [3.63, 3.8) is 0 Å². The van der Waals surface area contributed by atoms with Gasteiger partial charge in [-0.25, -0.2) is 0 Å². The zero-order valence-corrected chi connectivity index (χ0v) is 8.32. The fourth-order valence-electron chi connectivity index (χ4n) is 1.27. The van der Waals surface area contributed by atoms with Crippen LogP contribution in [-0.4, -0.2) is 9.67 Å². The number of nitrogens with zero attached hydrogens (tertiary/aromatic N) is 2. The fraction of sp³-hybridized carbons (Fsp3) is 0.200. The number of pyridine rings is 1. The first-order chi connectivity index (χ1) is 7.04. The Morgan fingerprint density at radius 3 is 2.80 bits per heavy atom. The van der Waals surface area contributed by atoms with Crippen LogP contribution in [-0.2, 0) is 6.54 Å². The lowest BCUT2D eigenvalue weighted by Crippen LogP contribution is -2.24. The minimum absolute atomic E-state index is 0.0220. The van der Waals surface area contributed by atoms with Crippen LogP contribution in [0.25, 0.3) is 0 Å². The number of nitriles is 1. The molecule has 0 spiro atoms. The van der Waals surface area contributed by atoms with Crippen molar-refractivity contribution in [1.29, 1.82) is 5.26 Å². The maximum atomic E-state index is 11.6. The van der Waals surface area contributed by atoms with Crippen molar-refractivity contribution in [2.75, 3.05) is 5.73 Å². The highest BCUT2D eigenvalue weighted by atomic mass is 16.3. The van der Waals surface area contributed by atoms with E-state index in [0.29, 0.717) is 5.56 Å². The molecule has 3 N–H and O–H groups in total. The summed E-state index contributed by atoms with van der Waals surface area (Å²) >= 11 is 0. The molecule has 0 saturated carbocycles. The molecule has 78 valence electrons. The van der Waals surface area contributed by atoms with Crippen molar-refractivity contribution in [2.24, 2.45) is 0 Å². The molecule has 1 aromatic heterocycles. The predicted molar refractivity (Wildman–Crippen MR) is 56.4 cm³/mol. The van der Waals surface area contributed by atoms with Crippen molar-refractivity contribution in [3.8, 4) is 11.9 Å². The van der Waals surface area contributed by atoms with Crippen LogP contribution in [0.5, 0.6) is 5.88 Å². The minimum Gasteiger partial charge on any atom is -0.493 e. The third-order valence-electron chi connectivity index (χ3n) is 2.16. The van der Waals surface area contributed by atoms with E-state index in [0.717, 1.165) is 4.57 Å². The molecule has 1 rings (SSSR count). The van der Waals surface area contributed by atoms with Crippen LogP contribution in [0.15, 0.2) is 17.4 Å². The number of aromatic hydroxyl groups is 1. The zero-order valence-electron chi connectivity index (χ0n) is 8.32. The van der Waals surface area contributed by atoms with Crippen molar-refractivity contribution in [1.82, 2.24) is 4.57 Å². The van der Waals surface area contributed by atoms with E-state index in [4.69, 9.17) is 11.0 Å². The van der Waals surface area contributed by atoms with Gasteiger partial charge in [-0.05, 0) is 6.92 Å². The monoisotopic (exact) mass is 205 g/mol. The summed E-state index contributed by atoms with van der Waals surface area (Å²) < 4.78 is 1.01. The molecule has 0 radical (unpaired) electrons. The van der Waals surface area contributed by atoms with Gasteiger partial charge in [0.05, 0.1) is 0 Å². The fourth-order valence-corrected chi connectivity index (χ4v) is 1.27. The van der Waals surface area contributed by atoms with Gasteiger partial charge in [0.2, 0.25) is 5.88 Å². The largest absolute Gasteiger partial charge is 0.493 e. The molecule has 0 aromatic carbocycles. The lowest BCUT2D eigenvalue weighted by Gasteiger charge is -2.11. The summed E-state index contributed by atoms with van der Waals surface area (Å²) in [5.41, 5.74) is 5.32. The lowest BCUT2D eigenvalue weighted by molar-refractivity contribution is 0.414. The maximum Gasteiger partial charge on any atom is 0.277 e. The molecule has 0 atom stereocenters. The van der Waals surface area contributed by atoms with Crippen LogP contribution in [0.4, 0.5) is 5.69 Å². The number of nitrogens with two attached hydrogens (primary N) is 1. The molecule has 0 bridgehead atoms. The minimum atomic E-state index is -0.510. The van der Waals surface area contributed by atoms with Crippen LogP contribution in [0.2, 0.25) is 0 Å². The number of nitrogen functional groups attached to an aromatic ring is 1. The highest BCUT2D eigenvalue weighted by Crippen LogP contribution is 2.21. The Labute approximate surface area is 86.7 Å². The number of hydrogen-bond acceptors (Lipinski definition) is 4. The second-order valence-electron chi connectivity index (χ2n) is 3.05. The number of rotatable bonds is 2. The molecule has 0 fully saturated rings. The van der Waals surface area contributed by atoms with Crippen molar-refractivity contribution >= 4 is 5.69 Å². The molecule has 0 saturated heterocycles. The number of hydrogen-bond donors (Lipinski definition) is 2. The van der Waals surface area contributed by atoms with Gasteiger partial charge in [0, 0.05) is 12.1 Å². The van der Waals surface area contributed by atoms with Crippen molar-refractivity contribution in [3.05, 3.63) is 34.1 Å². The molecule has 5 nitrogen and oxygen atoms in total. The molecular weight excluding hydrogens is 194 g/mol. The van der Waals surface area contributed by atoms with Crippen LogP contribution in [0, 0.1) is 18.3 Å². The van der Waals surface area contributed by atoms with Gasteiger partial charge in [-0.1, -0.05) is 6.08 Å². The van der Waals surface area contributed by atoms with E-state index < -0.39 is 5.56 Å². The smallest absolute Gasteiger partial charge is 0.277 e. The first kappa shape index (κ1) is 10.9. The topological polar surface area (TPSA) is 92.0 Å². The first-order valence-corrected chi connectivity index (χ1v) is 4.27. The van der Waals surface area contributed by atoms with Gasteiger partial charge in [0.25, 0.3) is 5.56 Å². The summed E-state index contributed by atoms with van der Waals surface area (Å²) in [4.78, 5) is 11.6. The molecular formula is C10H11N3O2. The number of aromatic nitrogens is 1. The molecule has 0 aliphatic carbocycles. The predicted octanol–water partition coefficient (Wildman–Crippen LogP) is 0.502. The lowest BCUT2D eigenvalue weighted by atomic mass is 10.1. The van der Waals surface area contributed by atoms with Crippen LogP contribution < -0.4 is 11.3 Å². The summed E-state index contributed by atoms with van der Waals surface area (Å²) in [5.74, 6) is -0.367. The number of allylic oxidation sites excluding steroid dienone is 1. The Kier molecular flexibility index (Phi) is 2.81. The van der Waals surface area contributed by atoms with E-state index in [2.05, 4.69) is 6.58 Å². The molecule has 5 heteroatoms. The average molecular weight is 205 g/mol. The Morgan fingerprint density at radius 2 is 2.33 bits per heavy atom. The second kappa shape index (κ2) is 3.88. The quantitative estimate of drug-likeness (QED) is 0.688. The highest BCUT2D eigenvalue weighted by Gasteiger charge is 2.15. The summed E-state index contributed by atoms with van der Waals surface area (Å²) in [6.07, 6.45) is 1.44. The molecule has 0 amide bonds. The number of anilines is 1. The van der Waals surface area contributed by atoms with Crippen LogP contribution in [0.3, 0.4) is 0 Å². The van der Waals surface area contributed by atoms with Crippen LogP contribution >= 0.6 is 0 Å². The average Bonchev–Trinajstić information content (AvgIpc) is 2.22. The van der Waals surface area contributed by atoms with E-state index in [-0.39, 0.29) is 23.7 Å². The Balaban J connectivity index is 3.70. The molecule has 0 aliphatic rings. The van der Waals surface area contributed by atoms with Crippen molar-refractivity contribution < 1.29 is 5.11 Å². The summed E-state index contributed by atoms with van der Waals surface area (Å²) in [6.45, 7) is 5.09. The maximum absolute atomic E-state index is 11.6. The van der Waals surface area contributed by atoms with E-state index in [9.17, 15) is 9.90 Å². The summed E-state index contributed by atoms with van der Waals surface area (Å²) in [5, 5.41) is 18.4. The SMILES string of the molecule is C=CCn1c(O)c(C#N)c(C)c(N)c1=O. The standard InChI is InChI=1S/C10H11N3O2/c1-3-4-13-9(14)7(5-11)6(2)8(12)10(13)15/h3,14H,1,4,12H2,2H3. The first-order valence-electron chi connectivity index (χ1n) is 4.27. The molecule has 1 aromatic rings. The molecule has 15 heavy (non-hydrogen) atoms. The summed E-state index contributed by atoms with van der Waals surface area (Å²) in [7, 11) is 0. The van der Waals surface area contributed by atoms with Gasteiger partial charge in [-0.2, -0.15) is 5.26 Å². The Bertz CT molecular complexity index is 509. The van der Waals surface area contributed by atoms with Crippen molar-refractivity contribution in [2.45, 2.75) is 13.5 Å². The normalized spacial score (nSPS) is 9.60. The zero-order chi connectivity index (χ0) is 11.6. The second-order valence-corrected chi connectivity index (χ2v) is 3.05. The Hall–Kier alpha value is -2.22. The molecule has 0 aliphatic heterocycles. The third-order valence-corrected chi connectivity index (χ3v) is 2.16. The summed E-state index contributed by atoms with van der Waals surface area (Å²) in [6, 6.07) is 1.81. The van der Waals surface area contributed by atoms with E-state index in [1.54, 1.807) is 6.07 Å². The van der Waals surface area contributed by atoms with Crippen LogP contribution in [0.1, 0.15) is 11.1 Å². The van der Waals surface area contributed by atoms with Gasteiger partial charge >= 0.3 is 0 Å².